The largest absolute Gasteiger partial charge is 0.494 e. The Bertz CT molecular complexity index is 593. The summed E-state index contributed by atoms with van der Waals surface area (Å²) in [4.78, 5) is 0. The van der Waals surface area contributed by atoms with Crippen molar-refractivity contribution >= 4 is 17.5 Å². The lowest BCUT2D eigenvalue weighted by atomic mass is 10.1. The number of hydrogen-bond acceptors (Lipinski definition) is 3. The molecular formula is C15H14N2O. The molecule has 0 saturated carbocycles. The SMILES string of the molecule is COc1ccccc1N1C=Cc2ccccc2N1. The van der Waals surface area contributed by atoms with Crippen LogP contribution in [0.1, 0.15) is 5.56 Å². The van der Waals surface area contributed by atoms with Gasteiger partial charge in [-0.25, -0.2) is 0 Å². The van der Waals surface area contributed by atoms with E-state index in [-0.39, 0.29) is 0 Å². The highest BCUT2D eigenvalue weighted by Crippen LogP contribution is 2.31. The number of hydrogen-bond donors (Lipinski definition) is 1. The molecule has 3 rings (SSSR count). The van der Waals surface area contributed by atoms with Crippen LogP contribution in [0.2, 0.25) is 0 Å². The van der Waals surface area contributed by atoms with Crippen LogP contribution in [0.15, 0.2) is 54.7 Å². The molecule has 0 aliphatic carbocycles. The number of nitrogens with zero attached hydrogens (tertiary/aromatic N) is 1. The van der Waals surface area contributed by atoms with E-state index in [2.05, 4.69) is 23.6 Å². The molecule has 0 saturated heterocycles. The van der Waals surface area contributed by atoms with Gasteiger partial charge in [0.05, 0.1) is 12.8 Å². The summed E-state index contributed by atoms with van der Waals surface area (Å²) in [6.45, 7) is 0. The molecule has 0 radical (unpaired) electrons. The predicted molar refractivity (Wildman–Crippen MR) is 74.6 cm³/mol. The number of fused-ring (bicyclic) bond motifs is 1. The molecule has 90 valence electrons. The highest BCUT2D eigenvalue weighted by Gasteiger charge is 2.13. The van der Waals surface area contributed by atoms with Crippen LogP contribution in [0.5, 0.6) is 5.75 Å². The summed E-state index contributed by atoms with van der Waals surface area (Å²) in [7, 11) is 1.68. The first-order valence-electron chi connectivity index (χ1n) is 5.84. The third kappa shape index (κ3) is 1.80. The van der Waals surface area contributed by atoms with Crippen LogP contribution in [0.4, 0.5) is 11.4 Å². The average Bonchev–Trinajstić information content (AvgIpc) is 2.46. The maximum absolute atomic E-state index is 5.37. The predicted octanol–water partition coefficient (Wildman–Crippen LogP) is 3.51. The second kappa shape index (κ2) is 4.45. The van der Waals surface area contributed by atoms with Crippen molar-refractivity contribution in [1.82, 2.24) is 0 Å². The first-order chi connectivity index (χ1) is 8.88. The molecule has 0 atom stereocenters. The monoisotopic (exact) mass is 238 g/mol. The topological polar surface area (TPSA) is 24.5 Å². The molecule has 0 fully saturated rings. The molecule has 1 N–H and O–H groups in total. The second-order valence-corrected chi connectivity index (χ2v) is 4.06. The third-order valence-electron chi connectivity index (χ3n) is 2.95. The second-order valence-electron chi connectivity index (χ2n) is 4.06. The van der Waals surface area contributed by atoms with E-state index in [9.17, 15) is 0 Å². The van der Waals surface area contributed by atoms with Crippen molar-refractivity contribution in [2.24, 2.45) is 0 Å². The molecule has 0 aromatic heterocycles. The fraction of sp³-hybridized carbons (Fsp3) is 0.0667. The number of anilines is 2. The summed E-state index contributed by atoms with van der Waals surface area (Å²) in [6.07, 6.45) is 4.08. The van der Waals surface area contributed by atoms with Gasteiger partial charge in [0.2, 0.25) is 0 Å². The molecule has 1 aliphatic heterocycles. The van der Waals surface area contributed by atoms with E-state index >= 15 is 0 Å². The quantitative estimate of drug-likeness (QED) is 0.866. The molecule has 0 unspecified atom stereocenters. The molecule has 1 aliphatic rings. The van der Waals surface area contributed by atoms with Gasteiger partial charge in [0.15, 0.2) is 0 Å². The highest BCUT2D eigenvalue weighted by molar-refractivity contribution is 5.76. The fourth-order valence-corrected chi connectivity index (χ4v) is 2.04. The van der Waals surface area contributed by atoms with Crippen molar-refractivity contribution in [3.63, 3.8) is 0 Å². The lowest BCUT2D eigenvalue weighted by Gasteiger charge is -2.28. The van der Waals surface area contributed by atoms with Gasteiger partial charge in [0.25, 0.3) is 0 Å². The molecule has 2 aromatic rings. The van der Waals surface area contributed by atoms with Gasteiger partial charge in [-0.3, -0.25) is 10.4 Å². The van der Waals surface area contributed by atoms with Gasteiger partial charge < -0.3 is 4.74 Å². The van der Waals surface area contributed by atoms with E-state index in [4.69, 9.17) is 4.74 Å². The smallest absolute Gasteiger partial charge is 0.144 e. The van der Waals surface area contributed by atoms with Gasteiger partial charge in [-0.15, -0.1) is 0 Å². The van der Waals surface area contributed by atoms with Crippen LogP contribution in [-0.2, 0) is 0 Å². The lowest BCUT2D eigenvalue weighted by molar-refractivity contribution is 0.415. The summed E-state index contributed by atoms with van der Waals surface area (Å²) in [5.41, 5.74) is 6.62. The van der Waals surface area contributed by atoms with Crippen LogP contribution >= 0.6 is 0 Å². The molecule has 3 heteroatoms. The zero-order valence-electron chi connectivity index (χ0n) is 10.1. The minimum absolute atomic E-state index is 0.842. The summed E-state index contributed by atoms with van der Waals surface area (Å²) < 4.78 is 5.37. The van der Waals surface area contributed by atoms with Crippen molar-refractivity contribution in [3.05, 3.63) is 60.3 Å². The van der Waals surface area contributed by atoms with Crippen molar-refractivity contribution in [2.75, 3.05) is 17.5 Å². The van der Waals surface area contributed by atoms with Crippen LogP contribution in [0.3, 0.4) is 0 Å². The average molecular weight is 238 g/mol. The summed E-state index contributed by atoms with van der Waals surface area (Å²) in [5.74, 6) is 0.842. The van der Waals surface area contributed by atoms with Gasteiger partial charge in [-0.05, 0) is 24.3 Å². The molecule has 0 bridgehead atoms. The highest BCUT2D eigenvalue weighted by atomic mass is 16.5. The normalized spacial score (nSPS) is 12.8. The van der Waals surface area contributed by atoms with E-state index in [1.807, 2.05) is 47.6 Å². The van der Waals surface area contributed by atoms with Gasteiger partial charge in [-0.2, -0.15) is 0 Å². The van der Waals surface area contributed by atoms with Crippen LogP contribution in [-0.4, -0.2) is 7.11 Å². The van der Waals surface area contributed by atoms with E-state index in [1.165, 1.54) is 5.56 Å². The van der Waals surface area contributed by atoms with Crippen LogP contribution in [0.25, 0.3) is 6.08 Å². The Kier molecular flexibility index (Phi) is 2.65. The van der Waals surface area contributed by atoms with Crippen LogP contribution in [0, 0.1) is 0 Å². The Morgan fingerprint density at radius 3 is 2.67 bits per heavy atom. The summed E-state index contributed by atoms with van der Waals surface area (Å²) >= 11 is 0. The first-order valence-corrected chi connectivity index (χ1v) is 5.84. The Morgan fingerprint density at radius 1 is 1.00 bits per heavy atom. The zero-order chi connectivity index (χ0) is 12.4. The number of hydrazine groups is 1. The van der Waals surface area contributed by atoms with Gasteiger partial charge in [0.1, 0.15) is 11.4 Å². The standard InChI is InChI=1S/C15H14N2O/c1-18-15-9-5-4-8-14(15)17-11-10-12-6-2-3-7-13(12)16-17/h2-11,16H,1H3. The van der Waals surface area contributed by atoms with Crippen molar-refractivity contribution in [1.29, 1.82) is 0 Å². The van der Waals surface area contributed by atoms with E-state index in [1.54, 1.807) is 7.11 Å². The number of nitrogens with one attached hydrogen (secondary N) is 1. The fourth-order valence-electron chi connectivity index (χ4n) is 2.04. The molecule has 3 nitrogen and oxygen atoms in total. The Morgan fingerprint density at radius 2 is 1.78 bits per heavy atom. The minimum atomic E-state index is 0.842. The van der Waals surface area contributed by atoms with E-state index < -0.39 is 0 Å². The minimum Gasteiger partial charge on any atom is -0.494 e. The third-order valence-corrected chi connectivity index (χ3v) is 2.95. The number of rotatable bonds is 2. The zero-order valence-corrected chi connectivity index (χ0v) is 10.1. The van der Waals surface area contributed by atoms with E-state index in [0.717, 1.165) is 17.1 Å². The van der Waals surface area contributed by atoms with Crippen molar-refractivity contribution < 1.29 is 4.74 Å². The molecule has 0 amide bonds. The first kappa shape index (κ1) is 10.7. The molecule has 0 spiro atoms. The number of benzene rings is 2. The van der Waals surface area contributed by atoms with Crippen molar-refractivity contribution in [3.8, 4) is 5.75 Å². The Hall–Kier alpha value is -2.42. The maximum Gasteiger partial charge on any atom is 0.144 e. The molecule has 2 aromatic carbocycles. The summed E-state index contributed by atoms with van der Waals surface area (Å²) in [5, 5.41) is 1.96. The molecule has 1 heterocycles. The van der Waals surface area contributed by atoms with Gasteiger partial charge >= 0.3 is 0 Å². The molecule has 18 heavy (non-hydrogen) atoms. The Balaban J connectivity index is 1.97. The van der Waals surface area contributed by atoms with Gasteiger partial charge in [-0.1, -0.05) is 30.3 Å². The number of methoxy groups -OCH3 is 1. The Labute approximate surface area is 106 Å². The van der Waals surface area contributed by atoms with Crippen LogP contribution < -0.4 is 15.2 Å². The van der Waals surface area contributed by atoms with Crippen molar-refractivity contribution in [2.45, 2.75) is 0 Å². The number of para-hydroxylation sites is 3. The summed E-state index contributed by atoms with van der Waals surface area (Å²) in [6, 6.07) is 16.1. The number of ether oxygens (including phenoxy) is 1. The van der Waals surface area contributed by atoms with E-state index in [0.29, 0.717) is 0 Å². The maximum atomic E-state index is 5.37. The lowest BCUT2D eigenvalue weighted by Crippen LogP contribution is -2.26. The molecular weight excluding hydrogens is 224 g/mol. The van der Waals surface area contributed by atoms with Gasteiger partial charge in [0, 0.05) is 11.8 Å².